The summed E-state index contributed by atoms with van der Waals surface area (Å²) < 4.78 is 5.24. The highest BCUT2D eigenvalue weighted by Gasteiger charge is 2.19. The van der Waals surface area contributed by atoms with Crippen molar-refractivity contribution in [3.8, 4) is 5.75 Å². The van der Waals surface area contributed by atoms with Crippen molar-refractivity contribution in [2.75, 3.05) is 39.3 Å². The third-order valence-corrected chi connectivity index (χ3v) is 3.92. The first-order chi connectivity index (χ1) is 9.54. The zero-order valence-corrected chi connectivity index (χ0v) is 13.1. The van der Waals surface area contributed by atoms with E-state index in [0.29, 0.717) is 0 Å². The van der Waals surface area contributed by atoms with E-state index in [0.717, 1.165) is 31.6 Å². The number of benzene rings is 1. The molecule has 1 aromatic rings. The summed E-state index contributed by atoms with van der Waals surface area (Å²) >= 11 is 0. The molecular weight excluding hydrogens is 252 g/mol. The van der Waals surface area contributed by atoms with Gasteiger partial charge in [0, 0.05) is 30.9 Å². The maximum absolute atomic E-state index is 9.34. The molecule has 0 aliphatic heterocycles. The Balaban J connectivity index is 2.38. The standard InChI is InChI=1S/C16H28N2O2/c1-16(13-19,17-2)10-5-6-11-18(3)14-8-7-9-15(12-14)20-4/h7-9,12,17,19H,5-6,10-11,13H2,1-4H3. The number of ether oxygens (including phenoxy) is 1. The fourth-order valence-electron chi connectivity index (χ4n) is 2.12. The molecule has 0 saturated heterocycles. The summed E-state index contributed by atoms with van der Waals surface area (Å²) in [6.07, 6.45) is 3.17. The molecule has 1 rings (SSSR count). The van der Waals surface area contributed by atoms with Gasteiger partial charge in [-0.1, -0.05) is 6.07 Å². The first-order valence-electron chi connectivity index (χ1n) is 7.19. The molecular formula is C16H28N2O2. The maximum atomic E-state index is 9.34. The Morgan fingerprint density at radius 2 is 2.10 bits per heavy atom. The van der Waals surface area contributed by atoms with E-state index < -0.39 is 0 Å². The first kappa shape index (κ1) is 16.8. The quantitative estimate of drug-likeness (QED) is 0.681. The number of rotatable bonds is 9. The number of nitrogens with zero attached hydrogens (tertiary/aromatic N) is 1. The lowest BCUT2D eigenvalue weighted by molar-refractivity contribution is 0.171. The molecule has 0 radical (unpaired) electrons. The second kappa shape index (κ2) is 8.12. The van der Waals surface area contributed by atoms with Crippen molar-refractivity contribution in [1.82, 2.24) is 5.32 Å². The van der Waals surface area contributed by atoms with Gasteiger partial charge < -0.3 is 20.1 Å². The van der Waals surface area contributed by atoms with Gasteiger partial charge in [-0.05, 0) is 45.4 Å². The van der Waals surface area contributed by atoms with Gasteiger partial charge in [0.05, 0.1) is 13.7 Å². The molecule has 1 aromatic carbocycles. The van der Waals surface area contributed by atoms with Crippen LogP contribution in [0.4, 0.5) is 5.69 Å². The van der Waals surface area contributed by atoms with Crippen molar-refractivity contribution >= 4 is 5.69 Å². The summed E-state index contributed by atoms with van der Waals surface area (Å²) in [6.45, 7) is 3.23. The van der Waals surface area contributed by atoms with E-state index in [1.165, 1.54) is 5.69 Å². The highest BCUT2D eigenvalue weighted by atomic mass is 16.5. The first-order valence-corrected chi connectivity index (χ1v) is 7.19. The van der Waals surface area contributed by atoms with E-state index in [9.17, 15) is 5.11 Å². The van der Waals surface area contributed by atoms with Crippen LogP contribution < -0.4 is 15.0 Å². The lowest BCUT2D eigenvalue weighted by Crippen LogP contribution is -2.43. The number of anilines is 1. The highest BCUT2D eigenvalue weighted by Crippen LogP contribution is 2.20. The largest absolute Gasteiger partial charge is 0.497 e. The van der Waals surface area contributed by atoms with Gasteiger partial charge in [-0.25, -0.2) is 0 Å². The van der Waals surface area contributed by atoms with Crippen LogP contribution in [0, 0.1) is 0 Å². The van der Waals surface area contributed by atoms with Gasteiger partial charge in [-0.15, -0.1) is 0 Å². The Kier molecular flexibility index (Phi) is 6.82. The normalized spacial score (nSPS) is 13.8. The van der Waals surface area contributed by atoms with Crippen LogP contribution in [0.5, 0.6) is 5.75 Å². The van der Waals surface area contributed by atoms with E-state index in [1.54, 1.807) is 7.11 Å². The Labute approximate surface area is 122 Å². The molecule has 0 amide bonds. The van der Waals surface area contributed by atoms with Crippen molar-refractivity contribution < 1.29 is 9.84 Å². The summed E-state index contributed by atoms with van der Waals surface area (Å²) in [5, 5.41) is 12.5. The van der Waals surface area contributed by atoms with Crippen molar-refractivity contribution in [3.05, 3.63) is 24.3 Å². The van der Waals surface area contributed by atoms with Crippen molar-refractivity contribution in [3.63, 3.8) is 0 Å². The van der Waals surface area contributed by atoms with Crippen LogP contribution in [0.1, 0.15) is 26.2 Å². The molecule has 4 heteroatoms. The Morgan fingerprint density at radius 3 is 2.70 bits per heavy atom. The highest BCUT2D eigenvalue weighted by molar-refractivity contribution is 5.49. The van der Waals surface area contributed by atoms with Crippen LogP contribution in [0.25, 0.3) is 0 Å². The molecule has 0 aliphatic rings. The monoisotopic (exact) mass is 280 g/mol. The smallest absolute Gasteiger partial charge is 0.120 e. The van der Waals surface area contributed by atoms with Crippen molar-refractivity contribution in [1.29, 1.82) is 0 Å². The average Bonchev–Trinajstić information content (AvgIpc) is 2.51. The average molecular weight is 280 g/mol. The van der Waals surface area contributed by atoms with E-state index in [4.69, 9.17) is 4.74 Å². The van der Waals surface area contributed by atoms with Gasteiger partial charge in [-0.2, -0.15) is 0 Å². The Morgan fingerprint density at radius 1 is 1.35 bits per heavy atom. The zero-order valence-electron chi connectivity index (χ0n) is 13.1. The summed E-state index contributed by atoms with van der Waals surface area (Å²) in [5.41, 5.74) is 1.01. The molecule has 1 unspecified atom stereocenters. The van der Waals surface area contributed by atoms with Gasteiger partial charge in [0.15, 0.2) is 0 Å². The topological polar surface area (TPSA) is 44.7 Å². The van der Waals surface area contributed by atoms with Gasteiger partial charge in [0.25, 0.3) is 0 Å². The van der Waals surface area contributed by atoms with Crippen molar-refractivity contribution in [2.24, 2.45) is 0 Å². The predicted molar refractivity (Wildman–Crippen MR) is 84.7 cm³/mol. The van der Waals surface area contributed by atoms with Crippen LogP contribution in [-0.2, 0) is 0 Å². The number of hydrogen-bond acceptors (Lipinski definition) is 4. The number of unbranched alkanes of at least 4 members (excludes halogenated alkanes) is 1. The number of hydrogen-bond donors (Lipinski definition) is 2. The summed E-state index contributed by atoms with van der Waals surface area (Å²) in [6, 6.07) is 8.10. The van der Waals surface area contributed by atoms with E-state index in [1.807, 2.05) is 25.2 Å². The molecule has 0 spiro atoms. The zero-order chi connectivity index (χ0) is 15.0. The summed E-state index contributed by atoms with van der Waals surface area (Å²) in [7, 11) is 5.68. The SMILES string of the molecule is CNC(C)(CO)CCCCN(C)c1cccc(OC)c1. The van der Waals surface area contributed by atoms with Crippen LogP contribution in [-0.4, -0.2) is 45.0 Å². The number of aliphatic hydroxyl groups is 1. The number of methoxy groups -OCH3 is 1. The minimum atomic E-state index is -0.158. The lowest BCUT2D eigenvalue weighted by Gasteiger charge is -2.27. The van der Waals surface area contributed by atoms with Gasteiger partial charge in [0.1, 0.15) is 5.75 Å². The molecule has 1 atom stereocenters. The summed E-state index contributed by atoms with van der Waals surface area (Å²) in [4.78, 5) is 2.23. The maximum Gasteiger partial charge on any atom is 0.120 e. The molecule has 0 saturated carbocycles. The third kappa shape index (κ3) is 5.02. The van der Waals surface area contributed by atoms with Crippen molar-refractivity contribution in [2.45, 2.75) is 31.7 Å². The van der Waals surface area contributed by atoms with Crippen LogP contribution >= 0.6 is 0 Å². The fraction of sp³-hybridized carbons (Fsp3) is 0.625. The van der Waals surface area contributed by atoms with Gasteiger partial charge in [0.2, 0.25) is 0 Å². The second-order valence-corrected chi connectivity index (χ2v) is 5.55. The molecule has 20 heavy (non-hydrogen) atoms. The number of nitrogens with one attached hydrogen (secondary N) is 1. The molecule has 0 fully saturated rings. The lowest BCUT2D eigenvalue weighted by atomic mass is 9.96. The Bertz CT molecular complexity index is 392. The van der Waals surface area contributed by atoms with E-state index >= 15 is 0 Å². The minimum absolute atomic E-state index is 0.158. The molecule has 0 heterocycles. The molecule has 0 aromatic heterocycles. The minimum Gasteiger partial charge on any atom is -0.497 e. The van der Waals surface area contributed by atoms with Crippen LogP contribution in [0.3, 0.4) is 0 Å². The summed E-state index contributed by atoms with van der Waals surface area (Å²) in [5.74, 6) is 0.886. The second-order valence-electron chi connectivity index (χ2n) is 5.55. The molecule has 4 nitrogen and oxygen atoms in total. The number of likely N-dealkylation sites (N-methyl/N-ethyl adjacent to an activating group) is 1. The predicted octanol–water partition coefficient (Wildman–Crippen LogP) is 2.27. The molecule has 2 N–H and O–H groups in total. The van der Waals surface area contributed by atoms with E-state index in [-0.39, 0.29) is 12.1 Å². The van der Waals surface area contributed by atoms with Crippen LogP contribution in [0.2, 0.25) is 0 Å². The van der Waals surface area contributed by atoms with E-state index in [2.05, 4.69) is 30.3 Å². The number of aliphatic hydroxyl groups excluding tert-OH is 1. The van der Waals surface area contributed by atoms with Gasteiger partial charge >= 0.3 is 0 Å². The molecule has 0 bridgehead atoms. The van der Waals surface area contributed by atoms with Crippen LogP contribution in [0.15, 0.2) is 24.3 Å². The van der Waals surface area contributed by atoms with Gasteiger partial charge in [-0.3, -0.25) is 0 Å². The Hall–Kier alpha value is -1.26. The molecule has 114 valence electrons. The molecule has 0 aliphatic carbocycles. The fourth-order valence-corrected chi connectivity index (χ4v) is 2.12. The third-order valence-electron chi connectivity index (χ3n) is 3.92.